The van der Waals surface area contributed by atoms with Crippen molar-refractivity contribution in [2.24, 2.45) is 0 Å². The molecule has 32 heavy (non-hydrogen) atoms. The summed E-state index contributed by atoms with van der Waals surface area (Å²) in [6, 6.07) is 24.8. The minimum absolute atomic E-state index is 0.141. The Hall–Kier alpha value is -3.77. The first-order valence-electron chi connectivity index (χ1n) is 10.3. The zero-order chi connectivity index (χ0) is 22.3. The summed E-state index contributed by atoms with van der Waals surface area (Å²) < 4.78 is 0. The number of thiazole rings is 1. The van der Waals surface area contributed by atoms with E-state index in [1.807, 2.05) is 66.9 Å². The summed E-state index contributed by atoms with van der Waals surface area (Å²) in [7, 11) is 0. The van der Waals surface area contributed by atoms with E-state index in [0.717, 1.165) is 16.1 Å². The second kappa shape index (κ2) is 10.0. The minimum atomic E-state index is -0.236. The number of nitrogens with one attached hydrogen (secondary N) is 2. The van der Waals surface area contributed by atoms with Crippen LogP contribution in [0.1, 0.15) is 27.2 Å². The first-order valence-corrected chi connectivity index (χ1v) is 11.2. The molecule has 0 aliphatic carbocycles. The molecule has 0 aliphatic rings. The first kappa shape index (κ1) is 21.5. The van der Waals surface area contributed by atoms with Gasteiger partial charge in [-0.05, 0) is 24.6 Å². The summed E-state index contributed by atoms with van der Waals surface area (Å²) in [5.41, 5.74) is 4.85. The fourth-order valence-corrected chi connectivity index (χ4v) is 4.07. The first-order chi connectivity index (χ1) is 15.6. The minimum Gasteiger partial charge on any atom is -0.348 e. The molecule has 1 heterocycles. The zero-order valence-corrected chi connectivity index (χ0v) is 18.5. The largest absolute Gasteiger partial charge is 0.348 e. The normalized spacial score (nSPS) is 10.5. The highest BCUT2D eigenvalue weighted by Gasteiger charge is 2.14. The maximum Gasteiger partial charge on any atom is 0.253 e. The predicted molar refractivity (Wildman–Crippen MR) is 129 cm³/mol. The third-order valence-electron chi connectivity index (χ3n) is 4.93. The zero-order valence-electron chi connectivity index (χ0n) is 17.7. The second-order valence-electron chi connectivity index (χ2n) is 7.45. The lowest BCUT2D eigenvalue weighted by molar-refractivity contribution is -0.115. The molecule has 5 nitrogen and oxygen atoms in total. The van der Waals surface area contributed by atoms with Crippen LogP contribution in [-0.4, -0.2) is 16.8 Å². The molecule has 160 valence electrons. The van der Waals surface area contributed by atoms with Crippen LogP contribution in [0.4, 0.5) is 5.69 Å². The van der Waals surface area contributed by atoms with E-state index in [2.05, 4.69) is 15.6 Å². The number of aromatic nitrogens is 1. The highest BCUT2D eigenvalue weighted by molar-refractivity contribution is 7.13. The summed E-state index contributed by atoms with van der Waals surface area (Å²) in [6.45, 7) is 2.46. The Bertz CT molecular complexity index is 1220. The van der Waals surface area contributed by atoms with E-state index in [9.17, 15) is 9.59 Å². The van der Waals surface area contributed by atoms with Gasteiger partial charge in [0, 0.05) is 17.5 Å². The summed E-state index contributed by atoms with van der Waals surface area (Å²) in [4.78, 5) is 29.9. The van der Waals surface area contributed by atoms with Gasteiger partial charge in [-0.3, -0.25) is 9.59 Å². The average molecular weight is 442 g/mol. The van der Waals surface area contributed by atoms with Crippen molar-refractivity contribution in [1.29, 1.82) is 0 Å². The fraction of sp³-hybridized carbons (Fsp3) is 0.115. The van der Waals surface area contributed by atoms with Crippen molar-refractivity contribution in [1.82, 2.24) is 10.3 Å². The smallest absolute Gasteiger partial charge is 0.253 e. The lowest BCUT2D eigenvalue weighted by Crippen LogP contribution is -2.25. The number of amides is 2. The molecule has 0 bridgehead atoms. The standard InChI is InChI=1S/C26H23N3O2S/c1-18-11-13-20(14-12-18)26-28-21(17-32-26)15-24(30)29-23-10-6-5-9-22(23)25(31)27-16-19-7-3-2-4-8-19/h2-14,17H,15-16H2,1H3,(H,27,31)(H,29,30). The van der Waals surface area contributed by atoms with Gasteiger partial charge in [0.25, 0.3) is 5.91 Å². The number of carbonyl (C=O) groups excluding carboxylic acids is 2. The van der Waals surface area contributed by atoms with Crippen LogP contribution in [0, 0.1) is 6.92 Å². The van der Waals surface area contributed by atoms with Crippen LogP contribution in [0.25, 0.3) is 10.6 Å². The van der Waals surface area contributed by atoms with Crippen molar-refractivity contribution in [2.45, 2.75) is 19.9 Å². The average Bonchev–Trinajstić information content (AvgIpc) is 3.27. The summed E-state index contributed by atoms with van der Waals surface area (Å²) in [5.74, 6) is -0.450. The second-order valence-corrected chi connectivity index (χ2v) is 8.31. The van der Waals surface area contributed by atoms with Gasteiger partial charge in [0.05, 0.1) is 23.4 Å². The third-order valence-corrected chi connectivity index (χ3v) is 5.87. The highest BCUT2D eigenvalue weighted by atomic mass is 32.1. The van der Waals surface area contributed by atoms with Crippen LogP contribution in [0.5, 0.6) is 0 Å². The number of anilines is 1. The third kappa shape index (κ3) is 5.47. The van der Waals surface area contributed by atoms with Gasteiger partial charge < -0.3 is 10.6 Å². The number of nitrogens with zero attached hydrogens (tertiary/aromatic N) is 1. The van der Waals surface area contributed by atoms with Crippen molar-refractivity contribution in [2.75, 3.05) is 5.32 Å². The van der Waals surface area contributed by atoms with Gasteiger partial charge in [-0.2, -0.15) is 0 Å². The quantitative estimate of drug-likeness (QED) is 0.413. The Morgan fingerprint density at radius 1 is 0.906 bits per heavy atom. The van der Waals surface area contributed by atoms with E-state index in [0.29, 0.717) is 23.5 Å². The summed E-state index contributed by atoms with van der Waals surface area (Å²) in [5, 5.41) is 8.54. The lowest BCUT2D eigenvalue weighted by atomic mass is 10.1. The van der Waals surface area contributed by atoms with Crippen LogP contribution >= 0.6 is 11.3 Å². The molecule has 3 aromatic carbocycles. The van der Waals surface area contributed by atoms with E-state index < -0.39 is 0 Å². The Labute approximate surface area is 191 Å². The van der Waals surface area contributed by atoms with Crippen LogP contribution in [-0.2, 0) is 17.8 Å². The highest BCUT2D eigenvalue weighted by Crippen LogP contribution is 2.24. The van der Waals surface area contributed by atoms with E-state index in [1.165, 1.54) is 16.9 Å². The van der Waals surface area contributed by atoms with Gasteiger partial charge >= 0.3 is 0 Å². The molecular weight excluding hydrogens is 418 g/mol. The van der Waals surface area contributed by atoms with Gasteiger partial charge in [-0.1, -0.05) is 72.3 Å². The number of carbonyl (C=O) groups is 2. The Kier molecular flexibility index (Phi) is 6.72. The number of hydrogen-bond acceptors (Lipinski definition) is 4. The summed E-state index contributed by atoms with van der Waals surface area (Å²) in [6.07, 6.45) is 0.141. The fourth-order valence-electron chi connectivity index (χ4n) is 3.24. The number of rotatable bonds is 7. The maximum atomic E-state index is 12.7. The number of benzene rings is 3. The molecule has 0 saturated carbocycles. The van der Waals surface area contributed by atoms with Crippen LogP contribution < -0.4 is 10.6 Å². The van der Waals surface area contributed by atoms with E-state index >= 15 is 0 Å². The molecule has 4 aromatic rings. The summed E-state index contributed by atoms with van der Waals surface area (Å²) >= 11 is 1.51. The molecule has 0 fully saturated rings. The molecule has 0 unspecified atom stereocenters. The molecule has 2 amide bonds. The van der Waals surface area contributed by atoms with Gasteiger partial charge in [0.2, 0.25) is 5.91 Å². The van der Waals surface area contributed by atoms with E-state index in [-0.39, 0.29) is 18.2 Å². The Morgan fingerprint density at radius 2 is 1.62 bits per heavy atom. The Balaban J connectivity index is 1.39. The molecule has 1 aromatic heterocycles. The Morgan fingerprint density at radius 3 is 2.41 bits per heavy atom. The topological polar surface area (TPSA) is 71.1 Å². The SMILES string of the molecule is Cc1ccc(-c2nc(CC(=O)Nc3ccccc3C(=O)NCc3ccccc3)cs2)cc1. The molecule has 0 aliphatic heterocycles. The monoisotopic (exact) mass is 441 g/mol. The molecule has 0 saturated heterocycles. The van der Waals surface area contributed by atoms with Gasteiger partial charge in [0.1, 0.15) is 5.01 Å². The maximum absolute atomic E-state index is 12.7. The molecule has 4 rings (SSSR count). The van der Waals surface area contributed by atoms with E-state index in [1.54, 1.807) is 24.3 Å². The van der Waals surface area contributed by atoms with Gasteiger partial charge in [0.15, 0.2) is 0 Å². The number of aryl methyl sites for hydroxylation is 1. The molecule has 0 radical (unpaired) electrons. The van der Waals surface area contributed by atoms with Crippen molar-refractivity contribution < 1.29 is 9.59 Å². The molecule has 6 heteroatoms. The van der Waals surface area contributed by atoms with Crippen LogP contribution in [0.15, 0.2) is 84.2 Å². The molecular formula is C26H23N3O2S. The number of para-hydroxylation sites is 1. The van der Waals surface area contributed by atoms with Crippen molar-refractivity contribution in [3.8, 4) is 10.6 Å². The molecule has 2 N–H and O–H groups in total. The van der Waals surface area contributed by atoms with Gasteiger partial charge in [-0.15, -0.1) is 11.3 Å². The van der Waals surface area contributed by atoms with Gasteiger partial charge in [-0.25, -0.2) is 4.98 Å². The number of hydrogen-bond donors (Lipinski definition) is 2. The van der Waals surface area contributed by atoms with Crippen LogP contribution in [0.2, 0.25) is 0 Å². The van der Waals surface area contributed by atoms with Crippen molar-refractivity contribution in [3.63, 3.8) is 0 Å². The predicted octanol–water partition coefficient (Wildman–Crippen LogP) is 5.23. The molecule has 0 atom stereocenters. The molecule has 0 spiro atoms. The van der Waals surface area contributed by atoms with Crippen molar-refractivity contribution >= 4 is 28.8 Å². The lowest BCUT2D eigenvalue weighted by Gasteiger charge is -2.11. The van der Waals surface area contributed by atoms with E-state index in [4.69, 9.17) is 0 Å². The van der Waals surface area contributed by atoms with Crippen LogP contribution in [0.3, 0.4) is 0 Å². The van der Waals surface area contributed by atoms with Crippen molar-refractivity contribution in [3.05, 3.63) is 107 Å².